The minimum atomic E-state index is 0.346. The molecule has 1 aliphatic rings. The van der Waals surface area contributed by atoms with Gasteiger partial charge in [-0.2, -0.15) is 0 Å². The van der Waals surface area contributed by atoms with E-state index in [1.165, 1.54) is 17.5 Å². The summed E-state index contributed by atoms with van der Waals surface area (Å²) in [6.07, 6.45) is 1.18. The molecule has 2 atom stereocenters. The molecule has 1 nitrogen and oxygen atoms in total. The van der Waals surface area contributed by atoms with Gasteiger partial charge in [-0.05, 0) is 34.8 Å². The van der Waals surface area contributed by atoms with Crippen molar-refractivity contribution in [2.75, 3.05) is 13.2 Å². The van der Waals surface area contributed by atoms with Gasteiger partial charge in [-0.3, -0.25) is 0 Å². The lowest BCUT2D eigenvalue weighted by Crippen LogP contribution is -2.35. The molecule has 1 fully saturated rings. The Morgan fingerprint density at radius 1 is 1.16 bits per heavy atom. The van der Waals surface area contributed by atoms with Crippen LogP contribution in [0.15, 0.2) is 24.3 Å². The van der Waals surface area contributed by atoms with Gasteiger partial charge in [0.25, 0.3) is 0 Å². The zero-order valence-electron chi connectivity index (χ0n) is 13.1. The van der Waals surface area contributed by atoms with Gasteiger partial charge in [0.05, 0.1) is 6.61 Å². The van der Waals surface area contributed by atoms with Gasteiger partial charge in [0.1, 0.15) is 0 Å². The Morgan fingerprint density at radius 2 is 1.84 bits per heavy atom. The van der Waals surface area contributed by atoms with Gasteiger partial charge in [-0.25, -0.2) is 0 Å². The van der Waals surface area contributed by atoms with E-state index in [0.29, 0.717) is 23.2 Å². The smallest absolute Gasteiger partial charge is 0.0537 e. The van der Waals surface area contributed by atoms with Crippen LogP contribution in [0.4, 0.5) is 0 Å². The van der Waals surface area contributed by atoms with Crippen molar-refractivity contribution in [2.24, 2.45) is 11.3 Å². The van der Waals surface area contributed by atoms with Crippen LogP contribution in [0.5, 0.6) is 0 Å². The average Bonchev–Trinajstić information content (AvgIpc) is 2.37. The highest BCUT2D eigenvalue weighted by Gasteiger charge is 2.36. The maximum absolute atomic E-state index is 5.80. The van der Waals surface area contributed by atoms with E-state index in [1.54, 1.807) is 0 Å². The number of rotatable bonds is 2. The van der Waals surface area contributed by atoms with Gasteiger partial charge in [0.15, 0.2) is 0 Å². The van der Waals surface area contributed by atoms with Crippen LogP contribution in [-0.2, 0) is 4.74 Å². The zero-order valence-corrected chi connectivity index (χ0v) is 13.1. The second kappa shape index (κ2) is 5.66. The molecular weight excluding hydrogens is 232 g/mol. The Balaban J connectivity index is 2.38. The van der Waals surface area contributed by atoms with E-state index < -0.39 is 0 Å². The van der Waals surface area contributed by atoms with Gasteiger partial charge in [-0.15, -0.1) is 0 Å². The topological polar surface area (TPSA) is 9.23 Å². The average molecular weight is 260 g/mol. The molecule has 0 N–H and O–H groups in total. The summed E-state index contributed by atoms with van der Waals surface area (Å²) in [6, 6.07) is 8.94. The molecule has 0 aliphatic carbocycles. The predicted octanol–water partition coefficient (Wildman–Crippen LogP) is 4.98. The molecule has 2 rings (SSSR count). The molecule has 0 spiro atoms. The van der Waals surface area contributed by atoms with Crippen LogP contribution in [0.25, 0.3) is 0 Å². The molecule has 1 heterocycles. The van der Waals surface area contributed by atoms with Crippen molar-refractivity contribution in [3.8, 4) is 0 Å². The highest BCUT2D eigenvalue weighted by Crippen LogP contribution is 2.44. The van der Waals surface area contributed by atoms with Gasteiger partial charge < -0.3 is 4.74 Å². The minimum absolute atomic E-state index is 0.346. The summed E-state index contributed by atoms with van der Waals surface area (Å²) >= 11 is 0. The summed E-state index contributed by atoms with van der Waals surface area (Å²) in [5.74, 6) is 1.84. The first-order valence-electron chi connectivity index (χ1n) is 7.58. The van der Waals surface area contributed by atoms with E-state index in [-0.39, 0.29) is 0 Å². The molecule has 106 valence electrons. The number of hydrogen-bond acceptors (Lipinski definition) is 1. The van der Waals surface area contributed by atoms with Crippen LogP contribution in [-0.4, -0.2) is 13.2 Å². The van der Waals surface area contributed by atoms with Gasteiger partial charge >= 0.3 is 0 Å². The SMILES string of the molecule is CC(C)c1ccccc1C1COCCC1C(C)(C)C. The lowest BCUT2D eigenvalue weighted by molar-refractivity contribution is 0.00767. The van der Waals surface area contributed by atoms with Crippen LogP contribution in [0.3, 0.4) is 0 Å². The highest BCUT2D eigenvalue weighted by atomic mass is 16.5. The molecule has 19 heavy (non-hydrogen) atoms. The Bertz CT molecular complexity index is 414. The van der Waals surface area contributed by atoms with E-state index in [0.717, 1.165) is 13.2 Å². The van der Waals surface area contributed by atoms with Crippen molar-refractivity contribution in [1.29, 1.82) is 0 Å². The second-order valence-electron chi connectivity index (χ2n) is 7.23. The maximum atomic E-state index is 5.80. The van der Waals surface area contributed by atoms with Crippen LogP contribution in [0, 0.1) is 11.3 Å². The largest absolute Gasteiger partial charge is 0.381 e. The van der Waals surface area contributed by atoms with Crippen molar-refractivity contribution in [3.05, 3.63) is 35.4 Å². The third kappa shape index (κ3) is 3.20. The van der Waals surface area contributed by atoms with E-state index >= 15 is 0 Å². The summed E-state index contributed by atoms with van der Waals surface area (Å²) in [4.78, 5) is 0. The molecule has 1 aromatic rings. The van der Waals surface area contributed by atoms with E-state index in [2.05, 4.69) is 58.9 Å². The fourth-order valence-electron chi connectivity index (χ4n) is 3.46. The summed E-state index contributed by atoms with van der Waals surface area (Å²) in [5.41, 5.74) is 3.35. The quantitative estimate of drug-likeness (QED) is 0.729. The Kier molecular flexibility index (Phi) is 4.35. The van der Waals surface area contributed by atoms with Crippen molar-refractivity contribution in [1.82, 2.24) is 0 Å². The first-order chi connectivity index (χ1) is 8.91. The summed E-state index contributed by atoms with van der Waals surface area (Å²) < 4.78 is 5.80. The molecule has 1 heteroatoms. The molecule has 0 aromatic heterocycles. The lowest BCUT2D eigenvalue weighted by atomic mass is 9.67. The van der Waals surface area contributed by atoms with Gasteiger partial charge in [0, 0.05) is 12.5 Å². The molecule has 0 amide bonds. The third-order valence-corrected chi connectivity index (χ3v) is 4.49. The summed E-state index contributed by atoms with van der Waals surface area (Å²) in [6.45, 7) is 13.5. The molecular formula is C18H28O. The Hall–Kier alpha value is -0.820. The van der Waals surface area contributed by atoms with Gasteiger partial charge in [0.2, 0.25) is 0 Å². The van der Waals surface area contributed by atoms with Crippen molar-refractivity contribution in [3.63, 3.8) is 0 Å². The van der Waals surface area contributed by atoms with E-state index in [4.69, 9.17) is 4.74 Å². The summed E-state index contributed by atoms with van der Waals surface area (Å²) in [5, 5.41) is 0. The van der Waals surface area contributed by atoms with Crippen molar-refractivity contribution >= 4 is 0 Å². The van der Waals surface area contributed by atoms with Crippen LogP contribution in [0.1, 0.15) is 64.0 Å². The first-order valence-corrected chi connectivity index (χ1v) is 7.58. The summed E-state index contributed by atoms with van der Waals surface area (Å²) in [7, 11) is 0. The first kappa shape index (κ1) is 14.6. The monoisotopic (exact) mass is 260 g/mol. The maximum Gasteiger partial charge on any atom is 0.0537 e. The van der Waals surface area contributed by atoms with Crippen molar-refractivity contribution < 1.29 is 4.74 Å². The van der Waals surface area contributed by atoms with Gasteiger partial charge in [-0.1, -0.05) is 58.9 Å². The van der Waals surface area contributed by atoms with Crippen LogP contribution in [0.2, 0.25) is 0 Å². The normalized spacial score (nSPS) is 24.7. The Morgan fingerprint density at radius 3 is 2.47 bits per heavy atom. The molecule has 1 aliphatic heterocycles. The zero-order chi connectivity index (χ0) is 14.0. The highest BCUT2D eigenvalue weighted by molar-refractivity contribution is 5.34. The molecule has 2 unspecified atom stereocenters. The standard InChI is InChI=1S/C18H28O/c1-13(2)14-8-6-7-9-15(14)16-12-19-11-10-17(16)18(3,4)5/h6-9,13,16-17H,10-12H2,1-5H3. The van der Waals surface area contributed by atoms with Crippen molar-refractivity contribution in [2.45, 2.75) is 52.9 Å². The molecule has 0 radical (unpaired) electrons. The number of ether oxygens (including phenoxy) is 1. The predicted molar refractivity (Wildman–Crippen MR) is 81.7 cm³/mol. The van der Waals surface area contributed by atoms with E-state index in [9.17, 15) is 0 Å². The number of benzene rings is 1. The van der Waals surface area contributed by atoms with Crippen LogP contribution >= 0.6 is 0 Å². The molecule has 0 saturated carbocycles. The van der Waals surface area contributed by atoms with Crippen LogP contribution < -0.4 is 0 Å². The fourth-order valence-corrected chi connectivity index (χ4v) is 3.46. The number of hydrogen-bond donors (Lipinski definition) is 0. The lowest BCUT2D eigenvalue weighted by Gasteiger charge is -2.41. The minimum Gasteiger partial charge on any atom is -0.381 e. The second-order valence-corrected chi connectivity index (χ2v) is 7.23. The third-order valence-electron chi connectivity index (χ3n) is 4.49. The van der Waals surface area contributed by atoms with E-state index in [1.807, 2.05) is 0 Å². The molecule has 1 saturated heterocycles. The fraction of sp³-hybridized carbons (Fsp3) is 0.667. The molecule has 0 bridgehead atoms. The Labute approximate surface area is 118 Å². The molecule has 1 aromatic carbocycles.